The molecule has 9 nitrogen and oxygen atoms in total. The molecule has 7 rings (SSSR count). The molecule has 0 saturated carbocycles. The minimum absolute atomic E-state index is 0.0954. The van der Waals surface area contributed by atoms with Crippen LogP contribution in [0.2, 0.25) is 0 Å². The number of pyridine rings is 1. The highest BCUT2D eigenvalue weighted by molar-refractivity contribution is 7.23. The lowest BCUT2D eigenvalue weighted by atomic mass is 9.94. The monoisotopic (exact) mass is 534 g/mol. The SMILES string of the molecule is CN1CCN(C2CN(c3ncc4c5c(c(-c6ncc(F)c7sc(N)c(C#N)c67)c(F)c4n3)COC5)C2)CC1. The van der Waals surface area contributed by atoms with E-state index in [0.717, 1.165) is 62.4 Å². The summed E-state index contributed by atoms with van der Waals surface area (Å²) in [5.74, 6) is -0.715. The van der Waals surface area contributed by atoms with Crippen molar-refractivity contribution in [1.82, 2.24) is 24.8 Å². The summed E-state index contributed by atoms with van der Waals surface area (Å²) in [4.78, 5) is 20.4. The summed E-state index contributed by atoms with van der Waals surface area (Å²) in [5.41, 5.74) is 8.02. The second-order valence-electron chi connectivity index (χ2n) is 10.1. The summed E-state index contributed by atoms with van der Waals surface area (Å²) in [6.45, 7) is 6.20. The Bertz CT molecular complexity index is 1650. The number of thiophene rings is 1. The van der Waals surface area contributed by atoms with Crippen LogP contribution in [0.5, 0.6) is 0 Å². The van der Waals surface area contributed by atoms with Crippen molar-refractivity contribution < 1.29 is 13.5 Å². The van der Waals surface area contributed by atoms with Crippen molar-refractivity contribution in [1.29, 1.82) is 5.26 Å². The lowest BCUT2D eigenvalue weighted by Crippen LogP contribution is -2.63. The number of ether oxygens (including phenoxy) is 1. The number of nitrogen functional groups attached to an aromatic ring is 1. The molecule has 194 valence electrons. The zero-order valence-electron chi connectivity index (χ0n) is 20.7. The van der Waals surface area contributed by atoms with Gasteiger partial charge in [-0.25, -0.2) is 18.7 Å². The molecule has 0 atom stereocenters. The van der Waals surface area contributed by atoms with Crippen LogP contribution in [0.25, 0.3) is 32.2 Å². The summed E-state index contributed by atoms with van der Waals surface area (Å²) >= 11 is 0.958. The molecule has 1 aromatic carbocycles. The number of likely N-dealkylation sites (N-methyl/N-ethyl adjacent to an activating group) is 1. The first-order valence-corrected chi connectivity index (χ1v) is 13.3. The van der Waals surface area contributed by atoms with Crippen molar-refractivity contribution >= 4 is 43.3 Å². The third-order valence-electron chi connectivity index (χ3n) is 7.93. The van der Waals surface area contributed by atoms with Gasteiger partial charge in [-0.3, -0.25) is 9.88 Å². The molecule has 0 spiro atoms. The topological polar surface area (TPSA) is 107 Å². The fourth-order valence-corrected chi connectivity index (χ4v) is 6.65. The molecule has 3 aliphatic rings. The van der Waals surface area contributed by atoms with Crippen LogP contribution in [0.15, 0.2) is 12.4 Å². The van der Waals surface area contributed by atoms with Gasteiger partial charge in [0.05, 0.1) is 35.4 Å². The Kier molecular flexibility index (Phi) is 5.45. The molecule has 0 unspecified atom stereocenters. The molecule has 0 amide bonds. The van der Waals surface area contributed by atoms with E-state index in [2.05, 4.69) is 36.7 Å². The van der Waals surface area contributed by atoms with Gasteiger partial charge in [0.1, 0.15) is 16.6 Å². The van der Waals surface area contributed by atoms with Gasteiger partial charge < -0.3 is 20.3 Å². The molecule has 38 heavy (non-hydrogen) atoms. The highest BCUT2D eigenvalue weighted by atomic mass is 32.1. The first-order chi connectivity index (χ1) is 18.4. The number of nitrogens with two attached hydrogens (primary N) is 1. The van der Waals surface area contributed by atoms with Crippen LogP contribution < -0.4 is 10.6 Å². The number of nitrogens with zero attached hydrogens (tertiary/aromatic N) is 7. The van der Waals surface area contributed by atoms with Crippen molar-refractivity contribution in [3.8, 4) is 17.3 Å². The zero-order chi connectivity index (χ0) is 26.1. The molecule has 0 aliphatic carbocycles. The molecular weight excluding hydrogens is 510 g/mol. The van der Waals surface area contributed by atoms with E-state index in [1.165, 1.54) is 0 Å². The van der Waals surface area contributed by atoms with E-state index in [4.69, 9.17) is 10.5 Å². The molecule has 4 aromatic rings. The molecule has 2 saturated heterocycles. The molecule has 3 aromatic heterocycles. The van der Waals surface area contributed by atoms with Gasteiger partial charge in [0.25, 0.3) is 0 Å². The number of nitriles is 1. The molecular formula is C26H24F2N8OS. The quantitative estimate of drug-likeness (QED) is 0.424. The average Bonchev–Trinajstić information content (AvgIpc) is 3.50. The van der Waals surface area contributed by atoms with E-state index >= 15 is 4.39 Å². The molecule has 2 N–H and O–H groups in total. The predicted octanol–water partition coefficient (Wildman–Crippen LogP) is 3.10. The fraction of sp³-hybridized carbons (Fsp3) is 0.385. The smallest absolute Gasteiger partial charge is 0.226 e. The Morgan fingerprint density at radius 1 is 1.11 bits per heavy atom. The van der Waals surface area contributed by atoms with Gasteiger partial charge in [-0.15, -0.1) is 11.3 Å². The van der Waals surface area contributed by atoms with Crippen molar-refractivity contribution in [2.75, 3.05) is 56.9 Å². The van der Waals surface area contributed by atoms with Crippen LogP contribution in [0.3, 0.4) is 0 Å². The number of fused-ring (bicyclic) bond motifs is 4. The predicted molar refractivity (Wildman–Crippen MR) is 141 cm³/mol. The van der Waals surface area contributed by atoms with Crippen molar-refractivity contribution in [3.63, 3.8) is 0 Å². The third kappa shape index (κ3) is 3.46. The van der Waals surface area contributed by atoms with Crippen LogP contribution in [0.4, 0.5) is 19.7 Å². The van der Waals surface area contributed by atoms with E-state index < -0.39 is 11.6 Å². The first kappa shape index (κ1) is 23.6. The van der Waals surface area contributed by atoms with Crippen LogP contribution in [0.1, 0.15) is 16.7 Å². The maximum atomic E-state index is 16.4. The molecule has 3 aliphatic heterocycles. The summed E-state index contributed by atoms with van der Waals surface area (Å²) < 4.78 is 37.0. The molecule has 0 bridgehead atoms. The molecule has 0 radical (unpaired) electrons. The van der Waals surface area contributed by atoms with Gasteiger partial charge in [-0.1, -0.05) is 0 Å². The van der Waals surface area contributed by atoms with Crippen LogP contribution in [-0.4, -0.2) is 77.1 Å². The van der Waals surface area contributed by atoms with Crippen molar-refractivity contribution in [2.45, 2.75) is 19.3 Å². The summed E-state index contributed by atoms with van der Waals surface area (Å²) in [5, 5.41) is 10.7. The minimum Gasteiger partial charge on any atom is -0.389 e. The Morgan fingerprint density at radius 2 is 1.87 bits per heavy atom. The Morgan fingerprint density at radius 3 is 2.63 bits per heavy atom. The Hall–Kier alpha value is -3.50. The second-order valence-corrected chi connectivity index (χ2v) is 11.1. The first-order valence-electron chi connectivity index (χ1n) is 12.5. The number of benzene rings is 1. The van der Waals surface area contributed by atoms with Gasteiger partial charge in [0.15, 0.2) is 11.6 Å². The number of anilines is 2. The third-order valence-corrected chi connectivity index (χ3v) is 8.96. The van der Waals surface area contributed by atoms with Gasteiger partial charge >= 0.3 is 0 Å². The average molecular weight is 535 g/mol. The standard InChI is InChI=1S/C26H24F2N8OS/c1-34-2-4-35(5-3-34)13-9-36(10-13)26-32-7-15-16-11-37-12-17(16)19(21(28)22(15)33-26)23-20-14(6-29)25(30)38-24(20)18(27)8-31-23/h7-8,13H,2-5,9-12,30H2,1H3. The number of rotatable bonds is 3. The van der Waals surface area contributed by atoms with Gasteiger partial charge in [0, 0.05) is 67.8 Å². The van der Waals surface area contributed by atoms with Gasteiger partial charge in [0.2, 0.25) is 5.95 Å². The molecule has 2 fully saturated rings. The van der Waals surface area contributed by atoms with Gasteiger partial charge in [-0.05, 0) is 18.2 Å². The second kappa shape index (κ2) is 8.78. The van der Waals surface area contributed by atoms with E-state index in [1.54, 1.807) is 6.20 Å². The van der Waals surface area contributed by atoms with Crippen LogP contribution in [0, 0.1) is 23.0 Å². The summed E-state index contributed by atoms with van der Waals surface area (Å²) in [7, 11) is 2.14. The van der Waals surface area contributed by atoms with Crippen molar-refractivity contribution in [2.24, 2.45) is 0 Å². The number of aromatic nitrogens is 3. The normalized spacial score (nSPS) is 18.7. The van der Waals surface area contributed by atoms with E-state index in [9.17, 15) is 9.65 Å². The van der Waals surface area contributed by atoms with E-state index in [1.807, 2.05) is 6.07 Å². The maximum Gasteiger partial charge on any atom is 0.226 e. The van der Waals surface area contributed by atoms with Gasteiger partial charge in [-0.2, -0.15) is 5.26 Å². The highest BCUT2D eigenvalue weighted by Gasteiger charge is 2.35. The van der Waals surface area contributed by atoms with Crippen molar-refractivity contribution in [3.05, 3.63) is 40.7 Å². The number of halogens is 2. The summed E-state index contributed by atoms with van der Waals surface area (Å²) in [6.07, 6.45) is 2.71. The number of hydrogen-bond acceptors (Lipinski definition) is 10. The Labute approximate surface area is 221 Å². The zero-order valence-corrected chi connectivity index (χ0v) is 21.5. The molecule has 12 heteroatoms. The number of hydrogen-bond donors (Lipinski definition) is 1. The van der Waals surface area contributed by atoms with Crippen LogP contribution in [-0.2, 0) is 18.0 Å². The number of piperazine rings is 1. The minimum atomic E-state index is -0.603. The lowest BCUT2D eigenvalue weighted by molar-refractivity contribution is 0.0958. The van der Waals surface area contributed by atoms with E-state index in [0.29, 0.717) is 22.9 Å². The Balaban J connectivity index is 1.33. The summed E-state index contributed by atoms with van der Waals surface area (Å²) in [6, 6.07) is 2.47. The van der Waals surface area contributed by atoms with Crippen LogP contribution >= 0.6 is 11.3 Å². The van der Waals surface area contributed by atoms with E-state index in [-0.39, 0.29) is 50.6 Å². The lowest BCUT2D eigenvalue weighted by Gasteiger charge is -2.47. The highest BCUT2D eigenvalue weighted by Crippen LogP contribution is 2.45. The largest absolute Gasteiger partial charge is 0.389 e. The maximum absolute atomic E-state index is 16.4. The molecule has 6 heterocycles. The fourth-order valence-electron chi connectivity index (χ4n) is 5.73.